The van der Waals surface area contributed by atoms with E-state index in [0.29, 0.717) is 12.1 Å². The van der Waals surface area contributed by atoms with Crippen molar-refractivity contribution in [1.82, 2.24) is 4.90 Å². The highest BCUT2D eigenvalue weighted by atomic mass is 127. The van der Waals surface area contributed by atoms with Gasteiger partial charge in [0.2, 0.25) is 0 Å². The molecule has 0 unspecified atom stereocenters. The smallest absolute Gasteiger partial charge is 0.254 e. The number of aromatic hydroxyl groups is 1. The maximum Gasteiger partial charge on any atom is 0.254 e. The van der Waals surface area contributed by atoms with Gasteiger partial charge in [-0.15, -0.1) is 0 Å². The highest BCUT2D eigenvalue weighted by Gasteiger charge is 2.21. The summed E-state index contributed by atoms with van der Waals surface area (Å²) in [6.45, 7) is 1.37. The Labute approximate surface area is 131 Å². The minimum absolute atomic E-state index is 0.0220. The lowest BCUT2D eigenvalue weighted by Crippen LogP contribution is -2.35. The molecule has 102 valence electrons. The van der Waals surface area contributed by atoms with Crippen molar-refractivity contribution in [2.75, 3.05) is 6.54 Å². The van der Waals surface area contributed by atoms with Gasteiger partial charge in [0, 0.05) is 18.7 Å². The van der Waals surface area contributed by atoms with Crippen LogP contribution >= 0.6 is 22.6 Å². The summed E-state index contributed by atoms with van der Waals surface area (Å²) in [7, 11) is 0. The zero-order valence-corrected chi connectivity index (χ0v) is 13.0. The first-order valence-electron chi connectivity index (χ1n) is 6.50. The second-order valence-corrected chi connectivity index (χ2v) is 6.07. The summed E-state index contributed by atoms with van der Waals surface area (Å²) in [6.07, 6.45) is 0.887. The van der Waals surface area contributed by atoms with E-state index < -0.39 is 0 Å². The number of fused-ring (bicyclic) bond motifs is 1. The van der Waals surface area contributed by atoms with Gasteiger partial charge in [-0.05, 0) is 58.3 Å². The Morgan fingerprint density at radius 3 is 2.65 bits per heavy atom. The molecule has 4 heteroatoms. The number of amides is 1. The Balaban J connectivity index is 1.84. The first-order valence-corrected chi connectivity index (χ1v) is 7.57. The Hall–Kier alpha value is -1.56. The van der Waals surface area contributed by atoms with Crippen molar-refractivity contribution in [3.05, 3.63) is 62.7 Å². The van der Waals surface area contributed by atoms with E-state index >= 15 is 0 Å². The van der Waals surface area contributed by atoms with Gasteiger partial charge >= 0.3 is 0 Å². The number of phenolic OH excluding ortho intramolecular Hbond substituents is 1. The van der Waals surface area contributed by atoms with Crippen LogP contribution in [0.2, 0.25) is 0 Å². The molecule has 0 radical (unpaired) electrons. The van der Waals surface area contributed by atoms with E-state index in [1.54, 1.807) is 18.2 Å². The van der Waals surface area contributed by atoms with E-state index in [1.807, 2.05) is 39.6 Å². The summed E-state index contributed by atoms with van der Waals surface area (Å²) in [4.78, 5) is 14.3. The van der Waals surface area contributed by atoms with Crippen molar-refractivity contribution < 1.29 is 9.90 Å². The van der Waals surface area contributed by atoms with E-state index in [1.165, 1.54) is 11.1 Å². The number of hydrogen-bond donors (Lipinski definition) is 1. The lowest BCUT2D eigenvalue weighted by atomic mass is 9.99. The van der Waals surface area contributed by atoms with Gasteiger partial charge in [-0.25, -0.2) is 0 Å². The molecule has 2 aromatic carbocycles. The Bertz CT molecular complexity index is 669. The SMILES string of the molecule is O=C(c1ccc(I)c(O)c1)N1CCc2ccccc2C1. The summed E-state index contributed by atoms with van der Waals surface area (Å²) >= 11 is 2.04. The molecular formula is C16H14INO2. The molecule has 1 aliphatic heterocycles. The number of benzene rings is 2. The summed E-state index contributed by atoms with van der Waals surface area (Å²) in [5.74, 6) is 0.139. The number of nitrogens with zero attached hydrogens (tertiary/aromatic N) is 1. The third-order valence-electron chi connectivity index (χ3n) is 3.61. The van der Waals surface area contributed by atoms with Crippen LogP contribution in [0, 0.1) is 3.57 Å². The first-order chi connectivity index (χ1) is 9.65. The molecule has 3 nitrogen and oxygen atoms in total. The largest absolute Gasteiger partial charge is 0.507 e. The summed E-state index contributed by atoms with van der Waals surface area (Å²) in [6, 6.07) is 13.3. The van der Waals surface area contributed by atoms with Gasteiger partial charge in [0.15, 0.2) is 0 Å². The van der Waals surface area contributed by atoms with Crippen LogP contribution in [-0.2, 0) is 13.0 Å². The van der Waals surface area contributed by atoms with Gasteiger partial charge in [0.25, 0.3) is 5.91 Å². The van der Waals surface area contributed by atoms with E-state index in [4.69, 9.17) is 0 Å². The molecule has 0 fully saturated rings. The fourth-order valence-electron chi connectivity index (χ4n) is 2.50. The van der Waals surface area contributed by atoms with Crippen molar-refractivity contribution in [3.8, 4) is 5.75 Å². The Morgan fingerprint density at radius 2 is 1.90 bits per heavy atom. The summed E-state index contributed by atoms with van der Waals surface area (Å²) < 4.78 is 0.753. The zero-order chi connectivity index (χ0) is 14.1. The van der Waals surface area contributed by atoms with Crippen LogP contribution in [-0.4, -0.2) is 22.5 Å². The van der Waals surface area contributed by atoms with E-state index in [2.05, 4.69) is 12.1 Å². The normalized spacial score (nSPS) is 13.9. The minimum atomic E-state index is -0.0220. The second kappa shape index (κ2) is 5.44. The molecule has 0 aromatic heterocycles. The first kappa shape index (κ1) is 13.4. The van der Waals surface area contributed by atoms with Crippen LogP contribution in [0.4, 0.5) is 0 Å². The molecule has 2 aromatic rings. The fourth-order valence-corrected chi connectivity index (χ4v) is 2.83. The monoisotopic (exact) mass is 379 g/mol. The van der Waals surface area contributed by atoms with Gasteiger partial charge < -0.3 is 10.0 Å². The molecule has 0 aliphatic carbocycles. The van der Waals surface area contributed by atoms with Crippen LogP contribution in [0.25, 0.3) is 0 Å². The second-order valence-electron chi connectivity index (χ2n) is 4.91. The number of hydrogen-bond acceptors (Lipinski definition) is 2. The number of rotatable bonds is 1. The van der Waals surface area contributed by atoms with Crippen LogP contribution in [0.1, 0.15) is 21.5 Å². The molecule has 0 saturated heterocycles. The molecule has 0 bridgehead atoms. The average molecular weight is 379 g/mol. The predicted octanol–water partition coefficient (Wildman–Crippen LogP) is 3.20. The number of carbonyl (C=O) groups is 1. The van der Waals surface area contributed by atoms with E-state index in [-0.39, 0.29) is 11.7 Å². The quantitative estimate of drug-likeness (QED) is 0.774. The minimum Gasteiger partial charge on any atom is -0.507 e. The van der Waals surface area contributed by atoms with E-state index in [9.17, 15) is 9.90 Å². The van der Waals surface area contributed by atoms with Crippen LogP contribution in [0.15, 0.2) is 42.5 Å². The zero-order valence-electron chi connectivity index (χ0n) is 10.8. The molecular weight excluding hydrogens is 365 g/mol. The van der Waals surface area contributed by atoms with E-state index in [0.717, 1.165) is 16.5 Å². The van der Waals surface area contributed by atoms with Crippen molar-refractivity contribution in [1.29, 1.82) is 0 Å². The molecule has 1 aliphatic rings. The van der Waals surface area contributed by atoms with Gasteiger partial charge in [0.1, 0.15) is 5.75 Å². The molecule has 3 rings (SSSR count). The Morgan fingerprint density at radius 1 is 1.15 bits per heavy atom. The molecule has 0 saturated carbocycles. The summed E-state index contributed by atoms with van der Waals surface area (Å²) in [5.41, 5.74) is 3.08. The van der Waals surface area contributed by atoms with Gasteiger partial charge in [-0.1, -0.05) is 24.3 Å². The van der Waals surface area contributed by atoms with Gasteiger partial charge in [0.05, 0.1) is 3.57 Å². The van der Waals surface area contributed by atoms with Crippen LogP contribution in [0.3, 0.4) is 0 Å². The predicted molar refractivity (Wildman–Crippen MR) is 85.7 cm³/mol. The van der Waals surface area contributed by atoms with Crippen molar-refractivity contribution in [2.45, 2.75) is 13.0 Å². The molecule has 1 heterocycles. The topological polar surface area (TPSA) is 40.5 Å². The number of carbonyl (C=O) groups excluding carboxylic acids is 1. The number of phenols is 1. The molecule has 0 spiro atoms. The average Bonchev–Trinajstić information content (AvgIpc) is 2.49. The molecule has 0 atom stereocenters. The van der Waals surface area contributed by atoms with Crippen LogP contribution in [0.5, 0.6) is 5.75 Å². The van der Waals surface area contributed by atoms with Gasteiger partial charge in [-0.2, -0.15) is 0 Å². The Kier molecular flexibility index (Phi) is 3.65. The highest BCUT2D eigenvalue weighted by Crippen LogP contribution is 2.24. The molecule has 1 amide bonds. The maximum absolute atomic E-state index is 12.5. The standard InChI is InChI=1S/C16H14INO2/c17-14-6-5-12(9-15(14)19)16(20)18-8-7-11-3-1-2-4-13(11)10-18/h1-6,9,19H,7-8,10H2. The number of halogens is 1. The third kappa shape index (κ3) is 2.52. The maximum atomic E-state index is 12.5. The third-order valence-corrected chi connectivity index (χ3v) is 4.52. The highest BCUT2D eigenvalue weighted by molar-refractivity contribution is 14.1. The summed E-state index contributed by atoms with van der Waals surface area (Å²) in [5, 5.41) is 9.73. The van der Waals surface area contributed by atoms with Gasteiger partial charge in [-0.3, -0.25) is 4.79 Å². The van der Waals surface area contributed by atoms with Crippen molar-refractivity contribution in [3.63, 3.8) is 0 Å². The lowest BCUT2D eigenvalue weighted by Gasteiger charge is -2.29. The lowest BCUT2D eigenvalue weighted by molar-refractivity contribution is 0.0734. The molecule has 20 heavy (non-hydrogen) atoms. The van der Waals surface area contributed by atoms with Crippen LogP contribution < -0.4 is 0 Å². The van der Waals surface area contributed by atoms with Crippen molar-refractivity contribution >= 4 is 28.5 Å². The molecule has 1 N–H and O–H groups in total. The van der Waals surface area contributed by atoms with Crippen molar-refractivity contribution in [2.24, 2.45) is 0 Å². The fraction of sp³-hybridized carbons (Fsp3) is 0.188.